The summed E-state index contributed by atoms with van der Waals surface area (Å²) in [6.45, 7) is 4.54. The molecule has 0 bridgehead atoms. The van der Waals surface area contributed by atoms with Crippen LogP contribution in [0.4, 0.5) is 5.95 Å². The van der Waals surface area contributed by atoms with Crippen LogP contribution >= 0.6 is 0 Å². The maximum atomic E-state index is 13.1. The molecule has 0 radical (unpaired) electrons. The van der Waals surface area contributed by atoms with Crippen molar-refractivity contribution in [3.63, 3.8) is 0 Å². The summed E-state index contributed by atoms with van der Waals surface area (Å²) in [6.07, 6.45) is 9.54. The van der Waals surface area contributed by atoms with Crippen LogP contribution in [0.15, 0.2) is 36.9 Å². The van der Waals surface area contributed by atoms with Gasteiger partial charge in [0, 0.05) is 51.0 Å². The predicted molar refractivity (Wildman–Crippen MR) is 104 cm³/mol. The van der Waals surface area contributed by atoms with E-state index < -0.39 is 10.0 Å². The molecular weight excluding hydrogens is 362 g/mol. The Morgan fingerprint density at radius 2 is 1.89 bits per heavy atom. The largest absolute Gasteiger partial charge is 0.341 e. The second-order valence-electron chi connectivity index (χ2n) is 7.31. The fraction of sp³-hybridized carbons (Fsp3) is 0.526. The van der Waals surface area contributed by atoms with E-state index >= 15 is 0 Å². The van der Waals surface area contributed by atoms with Gasteiger partial charge in [0.1, 0.15) is 0 Å². The normalized spacial score (nSPS) is 25.1. The lowest BCUT2D eigenvalue weighted by Crippen LogP contribution is -2.32. The Balaban J connectivity index is 1.46. The predicted octanol–water partition coefficient (Wildman–Crippen LogP) is 1.86. The van der Waals surface area contributed by atoms with Crippen LogP contribution in [0.3, 0.4) is 0 Å². The molecule has 2 saturated heterocycles. The van der Waals surface area contributed by atoms with E-state index in [1.807, 2.05) is 24.5 Å². The smallest absolute Gasteiger partial charge is 0.225 e. The zero-order valence-corrected chi connectivity index (χ0v) is 16.3. The summed E-state index contributed by atoms with van der Waals surface area (Å²) >= 11 is 0. The van der Waals surface area contributed by atoms with Crippen molar-refractivity contribution in [3.05, 3.63) is 48.0 Å². The minimum absolute atomic E-state index is 0.159. The van der Waals surface area contributed by atoms with Crippen molar-refractivity contribution in [2.75, 3.05) is 24.5 Å². The van der Waals surface area contributed by atoms with Gasteiger partial charge in [-0.1, -0.05) is 13.0 Å². The van der Waals surface area contributed by atoms with Crippen LogP contribution in [0, 0.1) is 5.92 Å². The first-order valence-electron chi connectivity index (χ1n) is 9.51. The number of aryl methyl sites for hydroxylation is 1. The highest BCUT2D eigenvalue weighted by atomic mass is 32.2. The van der Waals surface area contributed by atoms with Gasteiger partial charge in [-0.15, -0.1) is 0 Å². The number of nitrogens with zero attached hydrogens (tertiary/aromatic N) is 5. The summed E-state index contributed by atoms with van der Waals surface area (Å²) in [5.74, 6) is 0.864. The van der Waals surface area contributed by atoms with Crippen LogP contribution < -0.4 is 4.90 Å². The summed E-state index contributed by atoms with van der Waals surface area (Å²) in [6, 6.07) is 3.77. The van der Waals surface area contributed by atoms with Gasteiger partial charge in [0.15, 0.2) is 0 Å². The lowest BCUT2D eigenvalue weighted by atomic mass is 10.0. The summed E-state index contributed by atoms with van der Waals surface area (Å²) in [5, 5.41) is -0.311. The van der Waals surface area contributed by atoms with E-state index in [0.29, 0.717) is 32.0 Å². The molecule has 0 aliphatic carbocycles. The van der Waals surface area contributed by atoms with Crippen LogP contribution in [-0.2, 0) is 23.0 Å². The molecule has 0 spiro atoms. The van der Waals surface area contributed by atoms with Crippen molar-refractivity contribution < 1.29 is 8.42 Å². The van der Waals surface area contributed by atoms with E-state index in [-0.39, 0.29) is 11.2 Å². The molecule has 0 N–H and O–H groups in total. The third kappa shape index (κ3) is 3.68. The Labute approximate surface area is 160 Å². The number of pyridine rings is 1. The van der Waals surface area contributed by atoms with Crippen molar-refractivity contribution >= 4 is 16.0 Å². The highest BCUT2D eigenvalue weighted by Gasteiger charge is 2.46. The van der Waals surface area contributed by atoms with Gasteiger partial charge in [-0.3, -0.25) is 4.98 Å². The molecule has 2 aliphatic rings. The molecule has 27 heavy (non-hydrogen) atoms. The average molecular weight is 388 g/mol. The van der Waals surface area contributed by atoms with Gasteiger partial charge in [-0.25, -0.2) is 18.4 Å². The van der Waals surface area contributed by atoms with E-state index in [1.165, 1.54) is 0 Å². The average Bonchev–Trinajstić information content (AvgIpc) is 2.83. The molecule has 2 aromatic heterocycles. The van der Waals surface area contributed by atoms with E-state index in [9.17, 15) is 8.42 Å². The van der Waals surface area contributed by atoms with E-state index in [1.54, 1.807) is 16.7 Å². The van der Waals surface area contributed by atoms with Crippen molar-refractivity contribution in [1.82, 2.24) is 19.3 Å². The van der Waals surface area contributed by atoms with Crippen molar-refractivity contribution in [2.24, 2.45) is 5.92 Å². The van der Waals surface area contributed by atoms with Gasteiger partial charge in [-0.05, 0) is 42.4 Å². The number of hydrogen-bond donors (Lipinski definition) is 0. The number of rotatable bonds is 4. The number of aromatic nitrogens is 3. The minimum atomic E-state index is -3.29. The van der Waals surface area contributed by atoms with E-state index in [4.69, 9.17) is 0 Å². The lowest BCUT2D eigenvalue weighted by molar-refractivity contribution is 0.381. The van der Waals surface area contributed by atoms with Gasteiger partial charge in [0.2, 0.25) is 16.0 Å². The summed E-state index contributed by atoms with van der Waals surface area (Å²) in [5.41, 5.74) is 2.04. The Morgan fingerprint density at radius 3 is 2.59 bits per heavy atom. The fourth-order valence-electron chi connectivity index (χ4n) is 4.04. The number of anilines is 1. The highest BCUT2D eigenvalue weighted by Crippen LogP contribution is 2.35. The molecule has 2 fully saturated rings. The van der Waals surface area contributed by atoms with Gasteiger partial charge in [0.05, 0.1) is 5.25 Å². The van der Waals surface area contributed by atoms with Gasteiger partial charge < -0.3 is 4.90 Å². The van der Waals surface area contributed by atoms with Crippen LogP contribution in [0.1, 0.15) is 30.9 Å². The molecule has 0 saturated carbocycles. The second-order valence-corrected chi connectivity index (χ2v) is 9.46. The Kier molecular flexibility index (Phi) is 5.10. The summed E-state index contributed by atoms with van der Waals surface area (Å²) in [7, 11) is -3.29. The summed E-state index contributed by atoms with van der Waals surface area (Å²) in [4.78, 5) is 15.1. The highest BCUT2D eigenvalue weighted by molar-refractivity contribution is 7.90. The van der Waals surface area contributed by atoms with Gasteiger partial charge in [0.25, 0.3) is 0 Å². The number of hydrogen-bond acceptors (Lipinski definition) is 6. The number of fused-ring (bicyclic) bond motifs is 1. The van der Waals surface area contributed by atoms with E-state index in [0.717, 1.165) is 30.5 Å². The van der Waals surface area contributed by atoms with Crippen LogP contribution in [0.25, 0.3) is 0 Å². The molecule has 2 aliphatic heterocycles. The molecule has 0 unspecified atom stereocenters. The topological polar surface area (TPSA) is 79.3 Å². The third-order valence-electron chi connectivity index (χ3n) is 5.62. The molecule has 144 valence electrons. The molecule has 4 heterocycles. The molecule has 4 rings (SSSR count). The first kappa shape index (κ1) is 18.3. The van der Waals surface area contributed by atoms with Gasteiger partial charge >= 0.3 is 0 Å². The SMILES string of the molecule is CCc1cnc(N2CC[C@H]3CN(Cc4cccnc4)S(=O)(=O)[C@@H]3CC2)nc1. The first-order chi connectivity index (χ1) is 13.1. The quantitative estimate of drug-likeness (QED) is 0.797. The van der Waals surface area contributed by atoms with Gasteiger partial charge in [-0.2, -0.15) is 4.31 Å². The minimum Gasteiger partial charge on any atom is -0.341 e. The van der Waals surface area contributed by atoms with Crippen LogP contribution in [-0.4, -0.2) is 52.6 Å². The maximum absolute atomic E-state index is 13.1. The molecule has 2 atom stereocenters. The molecule has 0 amide bonds. The Hall–Kier alpha value is -2.06. The fourth-order valence-corrected chi connectivity index (χ4v) is 6.26. The van der Waals surface area contributed by atoms with Crippen molar-refractivity contribution in [1.29, 1.82) is 0 Å². The van der Waals surface area contributed by atoms with Crippen molar-refractivity contribution in [3.8, 4) is 0 Å². The standard InChI is InChI=1S/C19H25N5O2S/c1-2-15-11-21-19(22-12-15)23-8-5-17-14-24(13-16-4-3-7-20-10-16)27(25,26)18(17)6-9-23/h3-4,7,10-12,17-18H,2,5-6,8-9,13-14H2,1H3/t17-,18+/m0/s1. The molecule has 0 aromatic carbocycles. The maximum Gasteiger partial charge on any atom is 0.225 e. The Bertz CT molecular complexity index is 873. The first-order valence-corrected chi connectivity index (χ1v) is 11.0. The van der Waals surface area contributed by atoms with Crippen LogP contribution in [0.2, 0.25) is 0 Å². The summed E-state index contributed by atoms with van der Waals surface area (Å²) < 4.78 is 27.8. The lowest BCUT2D eigenvalue weighted by Gasteiger charge is -2.22. The molecular formula is C19H25N5O2S. The zero-order valence-electron chi connectivity index (χ0n) is 15.5. The van der Waals surface area contributed by atoms with Crippen LogP contribution in [0.5, 0.6) is 0 Å². The van der Waals surface area contributed by atoms with Crippen molar-refractivity contribution in [2.45, 2.75) is 38.0 Å². The third-order valence-corrected chi connectivity index (χ3v) is 8.01. The second kappa shape index (κ2) is 7.52. The monoisotopic (exact) mass is 387 g/mol. The molecule has 8 heteroatoms. The number of sulfonamides is 1. The molecule has 2 aromatic rings. The Morgan fingerprint density at radius 1 is 1.11 bits per heavy atom. The zero-order chi connectivity index (χ0) is 18.9. The molecule has 7 nitrogen and oxygen atoms in total. The van der Waals surface area contributed by atoms with E-state index in [2.05, 4.69) is 26.8 Å².